The molecule has 2 N–H and O–H groups in total. The van der Waals surface area contributed by atoms with Crippen LogP contribution in [0, 0.1) is 10.1 Å². The Hall–Kier alpha value is -4.21. The first kappa shape index (κ1) is 20.1. The van der Waals surface area contributed by atoms with Crippen LogP contribution >= 0.6 is 0 Å². The number of rotatable bonds is 3. The van der Waals surface area contributed by atoms with Gasteiger partial charge in [-0.15, -0.1) is 0 Å². The minimum atomic E-state index is -4.78. The van der Waals surface area contributed by atoms with Crippen molar-refractivity contribution in [2.75, 3.05) is 5.32 Å². The molecule has 4 rings (SSSR count). The lowest BCUT2D eigenvalue weighted by Crippen LogP contribution is -2.22. The summed E-state index contributed by atoms with van der Waals surface area (Å²) in [6.45, 7) is 0. The maximum Gasteiger partial charge on any atom is 0.416 e. The average Bonchev–Trinajstić information content (AvgIpc) is 2.72. The quantitative estimate of drug-likeness (QED) is 0.275. The number of nitrogens with zero attached hydrogens (tertiary/aromatic N) is 1. The number of anilines is 2. The maximum atomic E-state index is 13.0. The second-order valence-corrected chi connectivity index (χ2v) is 6.70. The fourth-order valence-electron chi connectivity index (χ4n) is 3.42. The van der Waals surface area contributed by atoms with Gasteiger partial charge >= 0.3 is 6.18 Å². The predicted molar refractivity (Wildman–Crippen MR) is 103 cm³/mol. The van der Waals surface area contributed by atoms with Gasteiger partial charge in [0, 0.05) is 17.2 Å². The number of carbonyl (C=O) groups excluding carboxylic acids is 2. The summed E-state index contributed by atoms with van der Waals surface area (Å²) in [6.07, 6.45) is -4.78. The molecular weight excluding hydrogens is 417 g/mol. The lowest BCUT2D eigenvalue weighted by Gasteiger charge is -2.21. The van der Waals surface area contributed by atoms with Crippen molar-refractivity contribution in [2.24, 2.45) is 0 Å². The fourth-order valence-corrected chi connectivity index (χ4v) is 3.42. The molecule has 3 aromatic carbocycles. The molecule has 0 radical (unpaired) electrons. The summed E-state index contributed by atoms with van der Waals surface area (Å²) in [5.74, 6) is -1.69. The smallest absolute Gasteiger partial charge is 0.416 e. The van der Waals surface area contributed by atoms with Gasteiger partial charge in [-0.05, 0) is 24.3 Å². The van der Waals surface area contributed by atoms with Gasteiger partial charge < -0.3 is 10.4 Å². The van der Waals surface area contributed by atoms with Crippen LogP contribution in [0.1, 0.15) is 37.4 Å². The number of nitro groups is 1. The van der Waals surface area contributed by atoms with E-state index < -0.39 is 39.7 Å². The number of alkyl halides is 3. The Morgan fingerprint density at radius 1 is 0.871 bits per heavy atom. The largest absolute Gasteiger partial charge is 0.507 e. The molecule has 0 spiro atoms. The summed E-state index contributed by atoms with van der Waals surface area (Å²) in [7, 11) is 0. The van der Waals surface area contributed by atoms with Crippen molar-refractivity contribution in [3.8, 4) is 5.75 Å². The number of hydrogen-bond donors (Lipinski definition) is 2. The van der Waals surface area contributed by atoms with Gasteiger partial charge in [0.05, 0.1) is 27.3 Å². The Labute approximate surface area is 171 Å². The van der Waals surface area contributed by atoms with Crippen molar-refractivity contribution in [1.29, 1.82) is 0 Å². The molecule has 0 unspecified atom stereocenters. The van der Waals surface area contributed by atoms with E-state index in [2.05, 4.69) is 5.32 Å². The third-order valence-electron chi connectivity index (χ3n) is 4.84. The average molecular weight is 428 g/mol. The summed E-state index contributed by atoms with van der Waals surface area (Å²) in [5, 5.41) is 24.1. The highest BCUT2D eigenvalue weighted by atomic mass is 19.4. The second kappa shape index (κ2) is 6.94. The van der Waals surface area contributed by atoms with Crippen molar-refractivity contribution in [2.45, 2.75) is 6.18 Å². The molecule has 3 aromatic rings. The van der Waals surface area contributed by atoms with E-state index in [1.54, 1.807) is 12.1 Å². The van der Waals surface area contributed by atoms with Crippen LogP contribution < -0.4 is 5.32 Å². The number of carbonyl (C=O) groups is 2. The number of hydrogen-bond acceptors (Lipinski definition) is 6. The van der Waals surface area contributed by atoms with E-state index in [0.717, 1.165) is 12.1 Å². The lowest BCUT2D eigenvalue weighted by atomic mass is 9.82. The minimum Gasteiger partial charge on any atom is -0.507 e. The van der Waals surface area contributed by atoms with E-state index >= 15 is 0 Å². The number of halogens is 3. The van der Waals surface area contributed by atoms with Crippen molar-refractivity contribution >= 4 is 28.6 Å². The molecule has 1 aliphatic carbocycles. The summed E-state index contributed by atoms with van der Waals surface area (Å²) < 4.78 is 38.8. The molecule has 156 valence electrons. The van der Waals surface area contributed by atoms with Crippen LogP contribution in [-0.4, -0.2) is 21.6 Å². The van der Waals surface area contributed by atoms with Crippen molar-refractivity contribution in [3.63, 3.8) is 0 Å². The first-order valence-electron chi connectivity index (χ1n) is 8.76. The molecule has 0 aliphatic heterocycles. The van der Waals surface area contributed by atoms with E-state index in [4.69, 9.17) is 0 Å². The molecule has 31 heavy (non-hydrogen) atoms. The van der Waals surface area contributed by atoms with Crippen LogP contribution in [-0.2, 0) is 6.18 Å². The molecule has 1 aliphatic rings. The SMILES string of the molecule is O=C1c2ccccc2C(=O)c2c(Nc3ccc(C(F)(F)F)cc3[N+](=O)[O-])ccc(O)c21. The monoisotopic (exact) mass is 428 g/mol. The van der Waals surface area contributed by atoms with E-state index in [1.807, 2.05) is 0 Å². The molecule has 0 heterocycles. The Balaban J connectivity index is 1.87. The van der Waals surface area contributed by atoms with Gasteiger partial charge in [0.25, 0.3) is 5.69 Å². The van der Waals surface area contributed by atoms with Crippen LogP contribution in [0.25, 0.3) is 0 Å². The molecule has 0 atom stereocenters. The predicted octanol–water partition coefficient (Wildman–Crippen LogP) is 4.84. The molecule has 0 fully saturated rings. The van der Waals surface area contributed by atoms with Gasteiger partial charge in [0.2, 0.25) is 0 Å². The van der Waals surface area contributed by atoms with Gasteiger partial charge in [0.15, 0.2) is 11.6 Å². The van der Waals surface area contributed by atoms with Gasteiger partial charge in [-0.25, -0.2) is 0 Å². The number of phenols is 1. The van der Waals surface area contributed by atoms with E-state index in [1.165, 1.54) is 18.2 Å². The lowest BCUT2D eigenvalue weighted by molar-refractivity contribution is -0.384. The van der Waals surface area contributed by atoms with Gasteiger partial charge in [0.1, 0.15) is 11.4 Å². The summed E-state index contributed by atoms with van der Waals surface area (Å²) >= 11 is 0. The highest BCUT2D eigenvalue weighted by molar-refractivity contribution is 6.31. The van der Waals surface area contributed by atoms with Crippen LogP contribution in [0.3, 0.4) is 0 Å². The molecular formula is C21H11F3N2O5. The molecule has 0 bridgehead atoms. The molecule has 0 aromatic heterocycles. The second-order valence-electron chi connectivity index (χ2n) is 6.70. The fraction of sp³-hybridized carbons (Fsp3) is 0.0476. The van der Waals surface area contributed by atoms with Crippen LogP contribution in [0.4, 0.5) is 30.2 Å². The highest BCUT2D eigenvalue weighted by Gasteiger charge is 2.35. The van der Waals surface area contributed by atoms with E-state index in [0.29, 0.717) is 12.1 Å². The van der Waals surface area contributed by atoms with Gasteiger partial charge in [-0.2, -0.15) is 13.2 Å². The highest BCUT2D eigenvalue weighted by Crippen LogP contribution is 2.40. The van der Waals surface area contributed by atoms with Crippen LogP contribution in [0.15, 0.2) is 54.6 Å². The number of fused-ring (bicyclic) bond motifs is 2. The summed E-state index contributed by atoms with van der Waals surface area (Å²) in [4.78, 5) is 36.2. The van der Waals surface area contributed by atoms with Crippen molar-refractivity contribution in [3.05, 3.63) is 92.5 Å². The number of nitrogens with one attached hydrogen (secondary N) is 1. The van der Waals surface area contributed by atoms with Crippen molar-refractivity contribution in [1.82, 2.24) is 0 Å². The molecule has 10 heteroatoms. The molecule has 7 nitrogen and oxygen atoms in total. The molecule has 0 saturated carbocycles. The Morgan fingerprint density at radius 2 is 1.45 bits per heavy atom. The van der Waals surface area contributed by atoms with E-state index in [9.17, 15) is 38.0 Å². The molecule has 0 amide bonds. The van der Waals surface area contributed by atoms with E-state index in [-0.39, 0.29) is 33.6 Å². The number of aromatic hydroxyl groups is 1. The summed E-state index contributed by atoms with van der Waals surface area (Å²) in [5.41, 5.74) is -2.80. The minimum absolute atomic E-state index is 0.0662. The Morgan fingerprint density at radius 3 is 2.03 bits per heavy atom. The van der Waals surface area contributed by atoms with Crippen LogP contribution in [0.5, 0.6) is 5.75 Å². The first-order valence-corrected chi connectivity index (χ1v) is 8.76. The number of ketones is 2. The third kappa shape index (κ3) is 3.27. The third-order valence-corrected chi connectivity index (χ3v) is 4.84. The number of nitro benzene ring substituents is 1. The van der Waals surface area contributed by atoms with Gasteiger partial charge in [-0.1, -0.05) is 24.3 Å². The summed E-state index contributed by atoms with van der Waals surface area (Å²) in [6, 6.07) is 10.2. The zero-order valence-corrected chi connectivity index (χ0v) is 15.4. The Bertz CT molecular complexity index is 1280. The topological polar surface area (TPSA) is 110 Å². The van der Waals surface area contributed by atoms with Gasteiger partial charge in [-0.3, -0.25) is 19.7 Å². The molecule has 0 saturated heterocycles. The zero-order valence-electron chi connectivity index (χ0n) is 15.4. The van der Waals surface area contributed by atoms with Crippen LogP contribution in [0.2, 0.25) is 0 Å². The maximum absolute atomic E-state index is 13.0. The Kier molecular flexibility index (Phi) is 4.49. The number of benzene rings is 3. The normalized spacial score (nSPS) is 12.9. The standard InChI is InChI=1S/C21H11F3N2O5/c22-21(23,24)10-5-6-13(15(9-10)26(30)31)25-14-7-8-16(27)18-17(14)19(28)11-3-1-2-4-12(11)20(18)29/h1-9,25,27H. The van der Waals surface area contributed by atoms with Crippen molar-refractivity contribution < 1.29 is 32.8 Å². The number of phenolic OH excluding ortho intramolecular Hbond substituents is 1. The first-order chi connectivity index (χ1) is 14.6. The zero-order chi connectivity index (χ0) is 22.5.